The molecule has 2 heterocycles. The van der Waals surface area contributed by atoms with E-state index in [0.717, 1.165) is 18.8 Å². The van der Waals surface area contributed by atoms with Crippen LogP contribution >= 0.6 is 0 Å². The molecule has 0 radical (unpaired) electrons. The zero-order valence-corrected chi connectivity index (χ0v) is 15.4. The molecule has 1 saturated heterocycles. The second-order valence-electron chi connectivity index (χ2n) is 6.69. The van der Waals surface area contributed by atoms with Gasteiger partial charge in [-0.15, -0.1) is 0 Å². The Morgan fingerprint density at radius 2 is 1.73 bits per heavy atom. The fourth-order valence-corrected chi connectivity index (χ4v) is 3.49. The van der Waals surface area contributed by atoms with Crippen molar-refractivity contribution in [1.29, 1.82) is 0 Å². The molecule has 1 aliphatic heterocycles. The number of ether oxygens (including phenoxy) is 1. The predicted octanol–water partition coefficient (Wildman–Crippen LogP) is 3.44. The number of pyridine rings is 1. The van der Waals surface area contributed by atoms with Gasteiger partial charge in [0, 0.05) is 24.5 Å². The summed E-state index contributed by atoms with van der Waals surface area (Å²) in [5, 5.41) is 3.10. The van der Waals surface area contributed by atoms with E-state index >= 15 is 0 Å². The van der Waals surface area contributed by atoms with Crippen LogP contribution in [0.3, 0.4) is 0 Å². The lowest BCUT2D eigenvalue weighted by Crippen LogP contribution is -2.38. The number of methoxy groups -OCH3 is 1. The summed E-state index contributed by atoms with van der Waals surface area (Å²) in [5.74, 6) is 0.796. The van der Waals surface area contributed by atoms with Crippen molar-refractivity contribution in [2.75, 3.05) is 26.7 Å². The molecule has 138 valence electrons. The number of aromatic nitrogens is 1. The highest BCUT2D eigenvalue weighted by Crippen LogP contribution is 2.25. The Hall–Kier alpha value is -2.40. The van der Waals surface area contributed by atoms with Crippen molar-refractivity contribution in [2.24, 2.45) is 0 Å². The molecule has 1 aromatic carbocycles. The van der Waals surface area contributed by atoms with Gasteiger partial charge in [-0.2, -0.15) is 0 Å². The highest BCUT2D eigenvalue weighted by Gasteiger charge is 2.22. The summed E-state index contributed by atoms with van der Waals surface area (Å²) in [6.45, 7) is 2.73. The van der Waals surface area contributed by atoms with E-state index in [1.807, 2.05) is 12.1 Å². The van der Waals surface area contributed by atoms with Gasteiger partial charge in [-0.3, -0.25) is 14.7 Å². The Kier molecular flexibility index (Phi) is 6.61. The van der Waals surface area contributed by atoms with Crippen LogP contribution in [0.4, 0.5) is 0 Å². The number of rotatable bonds is 6. The van der Waals surface area contributed by atoms with Gasteiger partial charge in [-0.05, 0) is 55.8 Å². The van der Waals surface area contributed by atoms with E-state index in [1.165, 1.54) is 31.2 Å². The lowest BCUT2D eigenvalue weighted by molar-refractivity contribution is 0.0933. The van der Waals surface area contributed by atoms with Gasteiger partial charge in [0.05, 0.1) is 13.2 Å². The third-order valence-electron chi connectivity index (χ3n) is 4.98. The molecule has 1 aliphatic rings. The Morgan fingerprint density at radius 1 is 1.08 bits per heavy atom. The van der Waals surface area contributed by atoms with Gasteiger partial charge in [0.1, 0.15) is 5.75 Å². The summed E-state index contributed by atoms with van der Waals surface area (Å²) in [5.41, 5.74) is 1.85. The number of carbonyl (C=O) groups is 1. The van der Waals surface area contributed by atoms with E-state index in [0.29, 0.717) is 12.1 Å². The number of likely N-dealkylation sites (tertiary alicyclic amines) is 1. The van der Waals surface area contributed by atoms with Crippen molar-refractivity contribution in [2.45, 2.75) is 31.7 Å². The van der Waals surface area contributed by atoms with Gasteiger partial charge in [0.25, 0.3) is 5.91 Å². The molecule has 1 amide bonds. The Morgan fingerprint density at radius 3 is 2.35 bits per heavy atom. The number of hydrogen-bond donors (Lipinski definition) is 1. The van der Waals surface area contributed by atoms with Crippen LogP contribution in [-0.2, 0) is 0 Å². The van der Waals surface area contributed by atoms with Crippen LogP contribution < -0.4 is 10.1 Å². The maximum atomic E-state index is 12.5. The summed E-state index contributed by atoms with van der Waals surface area (Å²) in [6.07, 6.45) is 8.29. The summed E-state index contributed by atoms with van der Waals surface area (Å²) in [7, 11) is 1.68. The van der Waals surface area contributed by atoms with E-state index in [4.69, 9.17) is 4.74 Å². The third kappa shape index (κ3) is 4.82. The lowest BCUT2D eigenvalue weighted by Gasteiger charge is -2.31. The van der Waals surface area contributed by atoms with Crippen LogP contribution in [0.1, 0.15) is 47.6 Å². The highest BCUT2D eigenvalue weighted by molar-refractivity contribution is 5.93. The van der Waals surface area contributed by atoms with Gasteiger partial charge >= 0.3 is 0 Å². The SMILES string of the molecule is COc1ccc(C(CNC(=O)c2ccncc2)N2CCCCCC2)cc1. The topological polar surface area (TPSA) is 54.5 Å². The normalized spacial score (nSPS) is 16.5. The first-order chi connectivity index (χ1) is 12.8. The molecule has 0 saturated carbocycles. The van der Waals surface area contributed by atoms with E-state index in [9.17, 15) is 4.79 Å². The number of amides is 1. The molecule has 0 aliphatic carbocycles. The molecule has 0 bridgehead atoms. The Bertz CT molecular complexity index is 680. The quantitative estimate of drug-likeness (QED) is 0.864. The van der Waals surface area contributed by atoms with Gasteiger partial charge < -0.3 is 10.1 Å². The van der Waals surface area contributed by atoms with Crippen LogP contribution in [0.25, 0.3) is 0 Å². The first-order valence-corrected chi connectivity index (χ1v) is 9.34. The summed E-state index contributed by atoms with van der Waals surface area (Å²) in [6, 6.07) is 11.8. The van der Waals surface area contributed by atoms with Gasteiger partial charge in [0.2, 0.25) is 0 Å². The molecule has 0 spiro atoms. The number of carbonyl (C=O) groups excluding carboxylic acids is 1. The maximum Gasteiger partial charge on any atom is 0.251 e. The second kappa shape index (κ2) is 9.34. The highest BCUT2D eigenvalue weighted by atomic mass is 16.5. The van der Waals surface area contributed by atoms with Crippen molar-refractivity contribution in [1.82, 2.24) is 15.2 Å². The van der Waals surface area contributed by atoms with Crippen molar-refractivity contribution in [3.63, 3.8) is 0 Å². The average molecular weight is 353 g/mol. The molecular weight excluding hydrogens is 326 g/mol. The van der Waals surface area contributed by atoms with Crippen LogP contribution in [-0.4, -0.2) is 42.5 Å². The van der Waals surface area contributed by atoms with Crippen molar-refractivity contribution >= 4 is 5.91 Å². The van der Waals surface area contributed by atoms with E-state index in [1.54, 1.807) is 31.6 Å². The van der Waals surface area contributed by atoms with Crippen molar-refractivity contribution < 1.29 is 9.53 Å². The van der Waals surface area contributed by atoms with Crippen molar-refractivity contribution in [3.05, 3.63) is 59.9 Å². The first-order valence-electron chi connectivity index (χ1n) is 9.34. The van der Waals surface area contributed by atoms with Crippen LogP contribution in [0.15, 0.2) is 48.8 Å². The minimum absolute atomic E-state index is 0.0549. The van der Waals surface area contributed by atoms with Crippen LogP contribution in [0.2, 0.25) is 0 Å². The molecule has 1 N–H and O–H groups in total. The van der Waals surface area contributed by atoms with Gasteiger partial charge in [0.15, 0.2) is 0 Å². The van der Waals surface area contributed by atoms with E-state index in [2.05, 4.69) is 27.3 Å². The zero-order chi connectivity index (χ0) is 18.2. The molecule has 1 fully saturated rings. The third-order valence-corrected chi connectivity index (χ3v) is 4.98. The van der Waals surface area contributed by atoms with Crippen molar-refractivity contribution in [3.8, 4) is 5.75 Å². The molecule has 3 rings (SSSR count). The Balaban J connectivity index is 1.74. The Labute approximate surface area is 155 Å². The van der Waals surface area contributed by atoms with Gasteiger partial charge in [-0.25, -0.2) is 0 Å². The molecule has 5 nitrogen and oxygen atoms in total. The molecule has 1 atom stereocenters. The standard InChI is InChI=1S/C21H27N3O2/c1-26-19-8-6-17(7-9-19)20(24-14-4-2-3-5-15-24)16-23-21(25)18-10-12-22-13-11-18/h6-13,20H,2-5,14-16H2,1H3,(H,23,25). The molecule has 1 aromatic heterocycles. The predicted molar refractivity (Wildman–Crippen MR) is 102 cm³/mol. The monoisotopic (exact) mass is 353 g/mol. The van der Waals surface area contributed by atoms with Crippen LogP contribution in [0.5, 0.6) is 5.75 Å². The lowest BCUT2D eigenvalue weighted by atomic mass is 10.0. The zero-order valence-electron chi connectivity index (χ0n) is 15.4. The summed E-state index contributed by atoms with van der Waals surface area (Å²) < 4.78 is 5.28. The molecule has 5 heteroatoms. The van der Waals surface area contributed by atoms with E-state index in [-0.39, 0.29) is 11.9 Å². The minimum Gasteiger partial charge on any atom is -0.497 e. The van der Waals surface area contributed by atoms with Crippen LogP contribution in [0, 0.1) is 0 Å². The number of hydrogen-bond acceptors (Lipinski definition) is 4. The molecular formula is C21H27N3O2. The van der Waals surface area contributed by atoms with Gasteiger partial charge in [-0.1, -0.05) is 25.0 Å². The fraction of sp³-hybridized carbons (Fsp3) is 0.429. The minimum atomic E-state index is -0.0549. The smallest absolute Gasteiger partial charge is 0.251 e. The molecule has 1 unspecified atom stereocenters. The molecule has 26 heavy (non-hydrogen) atoms. The maximum absolute atomic E-state index is 12.5. The summed E-state index contributed by atoms with van der Waals surface area (Å²) >= 11 is 0. The first kappa shape index (κ1) is 18.4. The molecule has 2 aromatic rings. The second-order valence-corrected chi connectivity index (χ2v) is 6.69. The number of nitrogens with zero attached hydrogens (tertiary/aromatic N) is 2. The van der Waals surface area contributed by atoms with E-state index < -0.39 is 0 Å². The number of benzene rings is 1. The average Bonchev–Trinajstić information content (AvgIpc) is 2.98. The fourth-order valence-electron chi connectivity index (χ4n) is 3.49. The number of nitrogens with one attached hydrogen (secondary N) is 1. The largest absolute Gasteiger partial charge is 0.497 e. The summed E-state index contributed by atoms with van der Waals surface area (Å²) in [4.78, 5) is 18.9.